The summed E-state index contributed by atoms with van der Waals surface area (Å²) in [4.78, 5) is 0. The third kappa shape index (κ3) is 3.38. The minimum Gasteiger partial charge on any atom is -0.309 e. The molecule has 0 spiro atoms. The van der Waals surface area contributed by atoms with E-state index in [2.05, 4.69) is 11.2 Å². The van der Waals surface area contributed by atoms with Gasteiger partial charge in [-0.05, 0) is 30.7 Å². The van der Waals surface area contributed by atoms with Crippen molar-refractivity contribution in [2.24, 2.45) is 0 Å². The van der Waals surface area contributed by atoms with Crippen LogP contribution in [-0.4, -0.2) is 6.04 Å². The predicted octanol–water partition coefficient (Wildman–Crippen LogP) is 2.20. The molecule has 0 aliphatic carbocycles. The second-order valence-electron chi connectivity index (χ2n) is 3.60. The van der Waals surface area contributed by atoms with Crippen LogP contribution in [0.15, 0.2) is 18.2 Å². The minimum atomic E-state index is -0.333. The molecule has 1 aromatic rings. The van der Waals surface area contributed by atoms with Crippen molar-refractivity contribution in [1.29, 1.82) is 5.26 Å². The number of nitriles is 1. The van der Waals surface area contributed by atoms with Crippen molar-refractivity contribution in [1.82, 2.24) is 5.32 Å². The van der Waals surface area contributed by atoms with Gasteiger partial charge in [0, 0.05) is 19.0 Å². The predicted molar refractivity (Wildman–Crippen MR) is 60.9 cm³/mol. The highest BCUT2D eigenvalue weighted by molar-refractivity contribution is 5.37. The second-order valence-corrected chi connectivity index (χ2v) is 3.60. The zero-order valence-electron chi connectivity index (χ0n) is 9.13. The highest BCUT2D eigenvalue weighted by atomic mass is 19.1. The van der Waals surface area contributed by atoms with Crippen LogP contribution in [0.3, 0.4) is 0 Å². The fraction of sp³-hybridized carbons (Fsp3) is 0.308. The molecule has 0 fully saturated rings. The first kappa shape index (κ1) is 12.2. The van der Waals surface area contributed by atoms with Crippen LogP contribution < -0.4 is 5.32 Å². The number of terminal acetylenes is 1. The molecule has 0 aliphatic rings. The van der Waals surface area contributed by atoms with E-state index in [0.717, 1.165) is 0 Å². The average molecular weight is 216 g/mol. The lowest BCUT2D eigenvalue weighted by Crippen LogP contribution is -2.25. The standard InChI is InChI=1S/C13H13FN2/c1-3-4-10(2)16-9-12-7-13(14)6-5-11(12)8-15/h1,5-7,10,16H,4,9H2,2H3. The molecule has 0 bridgehead atoms. The number of hydrogen-bond acceptors (Lipinski definition) is 2. The molecule has 1 unspecified atom stereocenters. The molecule has 16 heavy (non-hydrogen) atoms. The van der Waals surface area contributed by atoms with Gasteiger partial charge in [-0.25, -0.2) is 4.39 Å². The fourth-order valence-corrected chi connectivity index (χ4v) is 1.35. The van der Waals surface area contributed by atoms with Crippen LogP contribution >= 0.6 is 0 Å². The number of nitrogens with one attached hydrogen (secondary N) is 1. The maximum absolute atomic E-state index is 13.0. The average Bonchev–Trinajstić information content (AvgIpc) is 2.27. The molecule has 0 aromatic heterocycles. The number of hydrogen-bond donors (Lipinski definition) is 1. The molecule has 1 N–H and O–H groups in total. The van der Waals surface area contributed by atoms with Gasteiger partial charge in [0.1, 0.15) is 5.82 Å². The van der Waals surface area contributed by atoms with Crippen molar-refractivity contribution in [3.63, 3.8) is 0 Å². The Balaban J connectivity index is 2.70. The summed E-state index contributed by atoms with van der Waals surface area (Å²) in [7, 11) is 0. The SMILES string of the molecule is C#CCC(C)NCc1cc(F)ccc1C#N. The summed E-state index contributed by atoms with van der Waals surface area (Å²) in [6.07, 6.45) is 5.78. The summed E-state index contributed by atoms with van der Waals surface area (Å²) in [5.41, 5.74) is 1.15. The summed E-state index contributed by atoms with van der Waals surface area (Å²) in [6, 6.07) is 6.32. The maximum atomic E-state index is 13.0. The number of halogens is 1. The first-order valence-corrected chi connectivity index (χ1v) is 5.02. The van der Waals surface area contributed by atoms with Crippen LogP contribution in [0.2, 0.25) is 0 Å². The highest BCUT2D eigenvalue weighted by Crippen LogP contribution is 2.10. The summed E-state index contributed by atoms with van der Waals surface area (Å²) < 4.78 is 13.0. The van der Waals surface area contributed by atoms with Crippen LogP contribution in [0.4, 0.5) is 4.39 Å². The Bertz CT molecular complexity index is 440. The minimum absolute atomic E-state index is 0.153. The molecular weight excluding hydrogens is 203 g/mol. The van der Waals surface area contributed by atoms with Gasteiger partial charge >= 0.3 is 0 Å². The molecule has 1 atom stereocenters. The van der Waals surface area contributed by atoms with Gasteiger partial charge in [0.15, 0.2) is 0 Å². The number of benzene rings is 1. The van der Waals surface area contributed by atoms with Gasteiger partial charge in [-0.1, -0.05) is 0 Å². The maximum Gasteiger partial charge on any atom is 0.123 e. The Morgan fingerprint density at radius 3 is 2.94 bits per heavy atom. The van der Waals surface area contributed by atoms with Crippen molar-refractivity contribution < 1.29 is 4.39 Å². The lowest BCUT2D eigenvalue weighted by molar-refractivity contribution is 0.555. The second kappa shape index (κ2) is 5.90. The fourth-order valence-electron chi connectivity index (χ4n) is 1.35. The van der Waals surface area contributed by atoms with E-state index in [9.17, 15) is 4.39 Å². The van der Waals surface area contributed by atoms with Gasteiger partial charge in [0.2, 0.25) is 0 Å². The van der Waals surface area contributed by atoms with E-state index in [-0.39, 0.29) is 11.9 Å². The summed E-state index contributed by atoms with van der Waals surface area (Å²) in [5.74, 6) is 2.21. The summed E-state index contributed by atoms with van der Waals surface area (Å²) >= 11 is 0. The summed E-state index contributed by atoms with van der Waals surface area (Å²) in [5, 5.41) is 12.0. The molecule has 0 saturated carbocycles. The number of nitrogens with zero attached hydrogens (tertiary/aromatic N) is 1. The molecule has 1 rings (SSSR count). The third-order valence-corrected chi connectivity index (χ3v) is 2.25. The molecule has 2 nitrogen and oxygen atoms in total. The van der Waals surface area contributed by atoms with Gasteiger partial charge in [0.05, 0.1) is 11.6 Å². The molecular formula is C13H13FN2. The van der Waals surface area contributed by atoms with Crippen LogP contribution in [0.1, 0.15) is 24.5 Å². The zero-order chi connectivity index (χ0) is 12.0. The van der Waals surface area contributed by atoms with Crippen LogP contribution in [0.25, 0.3) is 0 Å². The Morgan fingerprint density at radius 2 is 2.31 bits per heavy atom. The Morgan fingerprint density at radius 1 is 1.56 bits per heavy atom. The number of rotatable bonds is 4. The lowest BCUT2D eigenvalue weighted by Gasteiger charge is -2.11. The molecule has 0 aliphatic heterocycles. The van der Waals surface area contributed by atoms with Crippen molar-refractivity contribution in [2.45, 2.75) is 25.9 Å². The van der Waals surface area contributed by atoms with E-state index >= 15 is 0 Å². The first-order valence-electron chi connectivity index (χ1n) is 5.02. The first-order chi connectivity index (χ1) is 7.67. The third-order valence-electron chi connectivity index (χ3n) is 2.25. The smallest absolute Gasteiger partial charge is 0.123 e. The van der Waals surface area contributed by atoms with Crippen molar-refractivity contribution in [3.8, 4) is 18.4 Å². The van der Waals surface area contributed by atoms with E-state index in [1.165, 1.54) is 18.2 Å². The molecule has 1 aromatic carbocycles. The molecule has 3 heteroatoms. The highest BCUT2D eigenvalue weighted by Gasteiger charge is 2.05. The Hall–Kier alpha value is -1.84. The zero-order valence-corrected chi connectivity index (χ0v) is 9.13. The Labute approximate surface area is 95.1 Å². The molecule has 0 amide bonds. The van der Waals surface area contributed by atoms with E-state index in [1.807, 2.05) is 13.0 Å². The van der Waals surface area contributed by atoms with Crippen molar-refractivity contribution in [3.05, 3.63) is 35.1 Å². The largest absolute Gasteiger partial charge is 0.309 e. The van der Waals surface area contributed by atoms with E-state index < -0.39 is 0 Å². The normalized spacial score (nSPS) is 11.5. The molecule has 0 saturated heterocycles. The van der Waals surface area contributed by atoms with Gasteiger partial charge < -0.3 is 5.32 Å². The van der Waals surface area contributed by atoms with E-state index in [4.69, 9.17) is 11.7 Å². The molecule has 0 radical (unpaired) electrons. The van der Waals surface area contributed by atoms with Crippen LogP contribution in [0.5, 0.6) is 0 Å². The topological polar surface area (TPSA) is 35.8 Å². The van der Waals surface area contributed by atoms with Crippen LogP contribution in [0, 0.1) is 29.5 Å². The van der Waals surface area contributed by atoms with Gasteiger partial charge in [-0.3, -0.25) is 0 Å². The van der Waals surface area contributed by atoms with E-state index in [1.54, 1.807) is 0 Å². The van der Waals surface area contributed by atoms with Crippen molar-refractivity contribution in [2.75, 3.05) is 0 Å². The van der Waals surface area contributed by atoms with E-state index in [0.29, 0.717) is 24.1 Å². The van der Waals surface area contributed by atoms with Crippen molar-refractivity contribution >= 4 is 0 Å². The van der Waals surface area contributed by atoms with Gasteiger partial charge in [-0.2, -0.15) is 5.26 Å². The summed E-state index contributed by atoms with van der Waals surface area (Å²) in [6.45, 7) is 2.40. The lowest BCUT2D eigenvalue weighted by atomic mass is 10.1. The monoisotopic (exact) mass is 216 g/mol. The molecule has 82 valence electrons. The Kier molecular flexibility index (Phi) is 4.51. The quantitative estimate of drug-likeness (QED) is 0.783. The van der Waals surface area contributed by atoms with Gasteiger partial charge in [-0.15, -0.1) is 12.3 Å². The van der Waals surface area contributed by atoms with Gasteiger partial charge in [0.25, 0.3) is 0 Å². The molecule has 0 heterocycles. The van der Waals surface area contributed by atoms with Crippen LogP contribution in [-0.2, 0) is 6.54 Å².